The Morgan fingerprint density at radius 3 is 2.11 bits per heavy atom. The van der Waals surface area contributed by atoms with Crippen LogP contribution in [0.25, 0.3) is 0 Å². The SMILES string of the molecule is CC(C)C1=[N+](C(C)C)[C@H](C)[C@@H](c2ccccc2)O1. The summed E-state index contributed by atoms with van der Waals surface area (Å²) >= 11 is 0. The van der Waals surface area contributed by atoms with E-state index in [0.717, 1.165) is 5.90 Å². The Kier molecular flexibility index (Phi) is 3.74. The summed E-state index contributed by atoms with van der Waals surface area (Å²) in [6, 6.07) is 11.4. The smallest absolute Gasteiger partial charge is 0.340 e. The first kappa shape index (κ1) is 13.1. The van der Waals surface area contributed by atoms with Crippen LogP contribution in [-0.4, -0.2) is 22.6 Å². The maximum absolute atomic E-state index is 6.24. The van der Waals surface area contributed by atoms with E-state index in [4.69, 9.17) is 4.74 Å². The van der Waals surface area contributed by atoms with E-state index in [-0.39, 0.29) is 6.10 Å². The van der Waals surface area contributed by atoms with E-state index in [2.05, 4.69) is 69.5 Å². The molecule has 1 heterocycles. The van der Waals surface area contributed by atoms with Crippen molar-refractivity contribution in [3.63, 3.8) is 0 Å². The molecular weight excluding hydrogens is 222 g/mol. The predicted molar refractivity (Wildman–Crippen MR) is 75.0 cm³/mol. The molecule has 2 nitrogen and oxygen atoms in total. The van der Waals surface area contributed by atoms with E-state index in [1.807, 2.05) is 0 Å². The average Bonchev–Trinajstić information content (AvgIpc) is 2.68. The fraction of sp³-hybridized carbons (Fsp3) is 0.562. The summed E-state index contributed by atoms with van der Waals surface area (Å²) in [6.07, 6.45) is 0.158. The number of hydrogen-bond donors (Lipinski definition) is 0. The molecule has 0 saturated carbocycles. The molecule has 18 heavy (non-hydrogen) atoms. The molecule has 2 rings (SSSR count). The summed E-state index contributed by atoms with van der Waals surface area (Å²) in [4.78, 5) is 0. The van der Waals surface area contributed by atoms with Gasteiger partial charge in [0.05, 0.1) is 5.92 Å². The maximum atomic E-state index is 6.24. The topological polar surface area (TPSA) is 12.2 Å². The summed E-state index contributed by atoms with van der Waals surface area (Å²) in [6.45, 7) is 11.1. The highest BCUT2D eigenvalue weighted by Crippen LogP contribution is 2.31. The number of ether oxygens (including phenoxy) is 1. The molecule has 0 fully saturated rings. The number of rotatable bonds is 3. The Balaban J connectivity index is 2.32. The van der Waals surface area contributed by atoms with Crippen LogP contribution in [0.1, 0.15) is 46.3 Å². The van der Waals surface area contributed by atoms with Crippen LogP contribution in [0.5, 0.6) is 0 Å². The van der Waals surface area contributed by atoms with Gasteiger partial charge in [-0.15, -0.1) is 0 Å². The molecule has 0 bridgehead atoms. The zero-order chi connectivity index (χ0) is 13.3. The van der Waals surface area contributed by atoms with Crippen LogP contribution in [0, 0.1) is 5.92 Å². The minimum Gasteiger partial charge on any atom is -0.433 e. The standard InChI is InChI=1S/C16H24NO/c1-11(2)16-17(12(3)4)13(5)15(18-16)14-9-7-6-8-10-14/h6-13,15H,1-5H3/q+1/t13-,15+/m1/s1. The lowest BCUT2D eigenvalue weighted by Gasteiger charge is -2.13. The zero-order valence-electron chi connectivity index (χ0n) is 12.1. The van der Waals surface area contributed by atoms with Crippen LogP contribution in [0.4, 0.5) is 0 Å². The van der Waals surface area contributed by atoms with Gasteiger partial charge in [-0.05, 0) is 33.3 Å². The molecule has 0 saturated heterocycles. The van der Waals surface area contributed by atoms with Gasteiger partial charge in [0.2, 0.25) is 0 Å². The molecule has 2 atom stereocenters. The molecule has 0 spiro atoms. The zero-order valence-corrected chi connectivity index (χ0v) is 12.1. The largest absolute Gasteiger partial charge is 0.433 e. The minimum atomic E-state index is 0.158. The molecule has 0 aromatic heterocycles. The van der Waals surface area contributed by atoms with Crippen molar-refractivity contribution < 1.29 is 9.31 Å². The average molecular weight is 246 g/mol. The minimum absolute atomic E-state index is 0.158. The first-order valence-electron chi connectivity index (χ1n) is 6.89. The van der Waals surface area contributed by atoms with E-state index in [9.17, 15) is 0 Å². The summed E-state index contributed by atoms with van der Waals surface area (Å²) in [5.74, 6) is 1.56. The van der Waals surface area contributed by atoms with Crippen LogP contribution in [0.15, 0.2) is 30.3 Å². The Morgan fingerprint density at radius 2 is 1.67 bits per heavy atom. The van der Waals surface area contributed by atoms with Crippen molar-refractivity contribution in [3.8, 4) is 0 Å². The first-order valence-corrected chi connectivity index (χ1v) is 6.89. The molecule has 1 aliphatic heterocycles. The normalized spacial score (nSPS) is 23.9. The fourth-order valence-corrected chi connectivity index (χ4v) is 2.78. The van der Waals surface area contributed by atoms with Crippen molar-refractivity contribution in [2.45, 2.75) is 52.8 Å². The van der Waals surface area contributed by atoms with Crippen LogP contribution >= 0.6 is 0 Å². The number of hydrogen-bond acceptors (Lipinski definition) is 1. The highest BCUT2D eigenvalue weighted by molar-refractivity contribution is 5.74. The summed E-state index contributed by atoms with van der Waals surface area (Å²) < 4.78 is 8.66. The van der Waals surface area contributed by atoms with E-state index >= 15 is 0 Å². The van der Waals surface area contributed by atoms with Gasteiger partial charge in [-0.3, -0.25) is 0 Å². The molecule has 98 valence electrons. The van der Waals surface area contributed by atoms with Gasteiger partial charge in [0, 0.05) is 6.92 Å². The van der Waals surface area contributed by atoms with E-state index in [1.54, 1.807) is 0 Å². The van der Waals surface area contributed by atoms with E-state index < -0.39 is 0 Å². The van der Waals surface area contributed by atoms with Gasteiger partial charge in [-0.1, -0.05) is 30.3 Å². The Labute approximate surface area is 110 Å². The fourth-order valence-electron chi connectivity index (χ4n) is 2.78. The molecule has 0 amide bonds. The Morgan fingerprint density at radius 1 is 1.06 bits per heavy atom. The van der Waals surface area contributed by atoms with Crippen molar-refractivity contribution in [3.05, 3.63) is 35.9 Å². The first-order chi connectivity index (χ1) is 8.52. The maximum Gasteiger partial charge on any atom is 0.340 e. The molecule has 1 aromatic rings. The summed E-state index contributed by atoms with van der Waals surface area (Å²) in [7, 11) is 0. The molecule has 0 N–H and O–H groups in total. The van der Waals surface area contributed by atoms with Gasteiger partial charge < -0.3 is 4.74 Å². The monoisotopic (exact) mass is 246 g/mol. The van der Waals surface area contributed by atoms with Crippen molar-refractivity contribution in [1.29, 1.82) is 0 Å². The van der Waals surface area contributed by atoms with Crippen molar-refractivity contribution in [1.82, 2.24) is 0 Å². The lowest BCUT2D eigenvalue weighted by molar-refractivity contribution is -0.587. The Bertz CT molecular complexity index is 434. The van der Waals surface area contributed by atoms with Crippen LogP contribution in [0.2, 0.25) is 0 Å². The lowest BCUT2D eigenvalue weighted by atomic mass is 10.0. The quantitative estimate of drug-likeness (QED) is 0.742. The third-order valence-corrected chi connectivity index (χ3v) is 3.56. The molecule has 0 aliphatic carbocycles. The van der Waals surface area contributed by atoms with Crippen LogP contribution in [0.3, 0.4) is 0 Å². The summed E-state index contributed by atoms with van der Waals surface area (Å²) in [5, 5.41) is 0. The molecule has 2 heteroatoms. The number of nitrogens with zero attached hydrogens (tertiary/aromatic N) is 1. The van der Waals surface area contributed by atoms with Gasteiger partial charge in [0.15, 0.2) is 18.2 Å². The van der Waals surface area contributed by atoms with Gasteiger partial charge in [-0.2, -0.15) is 4.58 Å². The molecular formula is C16H24NO+. The van der Waals surface area contributed by atoms with Gasteiger partial charge in [-0.25, -0.2) is 0 Å². The van der Waals surface area contributed by atoms with Crippen molar-refractivity contribution >= 4 is 5.90 Å². The summed E-state index contributed by atoms with van der Waals surface area (Å²) in [5.41, 5.74) is 1.27. The van der Waals surface area contributed by atoms with Crippen LogP contribution < -0.4 is 0 Å². The second-order valence-corrected chi connectivity index (χ2v) is 5.68. The second kappa shape index (κ2) is 5.13. The molecule has 1 aliphatic rings. The van der Waals surface area contributed by atoms with Crippen molar-refractivity contribution in [2.24, 2.45) is 5.92 Å². The lowest BCUT2D eigenvalue weighted by Crippen LogP contribution is -2.32. The van der Waals surface area contributed by atoms with Crippen molar-refractivity contribution in [2.75, 3.05) is 0 Å². The van der Waals surface area contributed by atoms with Gasteiger partial charge in [0.1, 0.15) is 0 Å². The van der Waals surface area contributed by atoms with Crippen LogP contribution in [-0.2, 0) is 4.74 Å². The molecule has 0 unspecified atom stereocenters. The predicted octanol–water partition coefficient (Wildman–Crippen LogP) is 3.62. The highest BCUT2D eigenvalue weighted by atomic mass is 16.5. The van der Waals surface area contributed by atoms with E-state index in [0.29, 0.717) is 18.0 Å². The third-order valence-electron chi connectivity index (χ3n) is 3.56. The Hall–Kier alpha value is -1.31. The molecule has 1 aromatic carbocycles. The van der Waals surface area contributed by atoms with Gasteiger partial charge >= 0.3 is 5.90 Å². The second-order valence-electron chi connectivity index (χ2n) is 5.68. The van der Waals surface area contributed by atoms with E-state index in [1.165, 1.54) is 5.56 Å². The third kappa shape index (κ3) is 2.29. The number of benzene rings is 1. The van der Waals surface area contributed by atoms with Gasteiger partial charge in [0.25, 0.3) is 0 Å². The molecule has 0 radical (unpaired) electrons. The highest BCUT2D eigenvalue weighted by Gasteiger charge is 2.43.